The predicted octanol–water partition coefficient (Wildman–Crippen LogP) is 5.57. The number of anilines is 1. The zero-order valence-electron chi connectivity index (χ0n) is 11.2. The summed E-state index contributed by atoms with van der Waals surface area (Å²) >= 11 is 5.87. The van der Waals surface area contributed by atoms with E-state index in [0.29, 0.717) is 5.02 Å². The Morgan fingerprint density at radius 3 is 2.45 bits per heavy atom. The van der Waals surface area contributed by atoms with Crippen molar-refractivity contribution in [1.82, 2.24) is 0 Å². The molecule has 0 radical (unpaired) electrons. The molecule has 2 aromatic rings. The van der Waals surface area contributed by atoms with Crippen molar-refractivity contribution in [3.05, 3.63) is 64.7 Å². The van der Waals surface area contributed by atoms with E-state index in [2.05, 4.69) is 5.32 Å². The van der Waals surface area contributed by atoms with Gasteiger partial charge in [0.05, 0.1) is 11.7 Å². The highest BCUT2D eigenvalue weighted by Gasteiger charge is 2.13. The minimum atomic E-state index is -0.458. The zero-order chi connectivity index (χ0) is 14.5. The van der Waals surface area contributed by atoms with Crippen LogP contribution < -0.4 is 5.32 Å². The van der Waals surface area contributed by atoms with Crippen LogP contribution in [0.4, 0.5) is 14.5 Å². The molecule has 0 heterocycles. The van der Waals surface area contributed by atoms with E-state index < -0.39 is 11.6 Å². The first kappa shape index (κ1) is 14.8. The Hall–Kier alpha value is -1.61. The molecule has 1 N–H and O–H groups in total. The summed E-state index contributed by atoms with van der Waals surface area (Å²) in [6, 6.07) is 10.7. The van der Waals surface area contributed by atoms with Gasteiger partial charge in [0.2, 0.25) is 0 Å². The molecule has 0 saturated carbocycles. The van der Waals surface area contributed by atoms with E-state index >= 15 is 0 Å². The van der Waals surface area contributed by atoms with Crippen LogP contribution in [-0.2, 0) is 0 Å². The molecule has 0 spiro atoms. The van der Waals surface area contributed by atoms with Crippen LogP contribution in [0.25, 0.3) is 0 Å². The minimum absolute atomic E-state index is 0.0754. The van der Waals surface area contributed by atoms with Gasteiger partial charge in [-0.1, -0.05) is 37.1 Å². The van der Waals surface area contributed by atoms with E-state index in [1.54, 1.807) is 12.1 Å². The Morgan fingerprint density at radius 1 is 1.10 bits per heavy atom. The molecule has 1 unspecified atom stereocenters. The molecule has 2 rings (SSSR count). The second-order valence-electron chi connectivity index (χ2n) is 4.66. The molecule has 0 aliphatic heterocycles. The molecular weight excluding hydrogens is 280 g/mol. The molecule has 0 aromatic heterocycles. The first-order chi connectivity index (χ1) is 9.60. The Bertz CT molecular complexity index is 569. The maximum Gasteiger partial charge on any atom is 0.146 e. The summed E-state index contributed by atoms with van der Waals surface area (Å²) in [5, 5.41) is 3.72. The summed E-state index contributed by atoms with van der Waals surface area (Å²) in [5.74, 6) is -0.915. The van der Waals surface area contributed by atoms with E-state index in [-0.39, 0.29) is 11.7 Å². The fourth-order valence-electron chi connectivity index (χ4n) is 2.10. The number of halogens is 3. The second-order valence-corrected chi connectivity index (χ2v) is 5.10. The van der Waals surface area contributed by atoms with E-state index in [4.69, 9.17) is 11.6 Å². The monoisotopic (exact) mass is 295 g/mol. The lowest BCUT2D eigenvalue weighted by Gasteiger charge is -2.20. The number of rotatable bonds is 5. The number of hydrogen-bond acceptors (Lipinski definition) is 1. The summed E-state index contributed by atoms with van der Waals surface area (Å²) in [7, 11) is 0. The van der Waals surface area contributed by atoms with Gasteiger partial charge in [0.15, 0.2) is 0 Å². The van der Waals surface area contributed by atoms with E-state index in [0.717, 1.165) is 30.5 Å². The van der Waals surface area contributed by atoms with Crippen molar-refractivity contribution in [2.24, 2.45) is 0 Å². The summed E-state index contributed by atoms with van der Waals surface area (Å²) in [6.07, 6.45) is 1.74. The Morgan fingerprint density at radius 2 is 1.80 bits per heavy atom. The topological polar surface area (TPSA) is 12.0 Å². The first-order valence-electron chi connectivity index (χ1n) is 6.57. The third-order valence-corrected chi connectivity index (χ3v) is 3.36. The smallest absolute Gasteiger partial charge is 0.146 e. The van der Waals surface area contributed by atoms with E-state index in [1.807, 2.05) is 19.1 Å². The van der Waals surface area contributed by atoms with Gasteiger partial charge in [-0.15, -0.1) is 0 Å². The quantitative estimate of drug-likeness (QED) is 0.760. The second kappa shape index (κ2) is 6.71. The fourth-order valence-corrected chi connectivity index (χ4v) is 2.23. The molecule has 1 atom stereocenters. The van der Waals surface area contributed by atoms with Gasteiger partial charge in [-0.05, 0) is 42.3 Å². The zero-order valence-corrected chi connectivity index (χ0v) is 11.9. The highest BCUT2D eigenvalue weighted by Crippen LogP contribution is 2.27. The van der Waals surface area contributed by atoms with Gasteiger partial charge in [0.1, 0.15) is 11.6 Å². The third-order valence-electron chi connectivity index (χ3n) is 3.11. The van der Waals surface area contributed by atoms with Gasteiger partial charge in [-0.2, -0.15) is 0 Å². The normalized spacial score (nSPS) is 12.2. The highest BCUT2D eigenvalue weighted by molar-refractivity contribution is 6.30. The summed E-state index contributed by atoms with van der Waals surface area (Å²) < 4.78 is 26.9. The van der Waals surface area contributed by atoms with Crippen LogP contribution in [-0.4, -0.2) is 0 Å². The van der Waals surface area contributed by atoms with Crippen LogP contribution in [0.15, 0.2) is 42.5 Å². The van der Waals surface area contributed by atoms with Gasteiger partial charge in [-0.3, -0.25) is 0 Å². The average Bonchev–Trinajstić information content (AvgIpc) is 2.43. The molecule has 1 nitrogen and oxygen atoms in total. The van der Waals surface area contributed by atoms with Crippen LogP contribution in [0.2, 0.25) is 5.02 Å². The summed E-state index contributed by atoms with van der Waals surface area (Å²) in [6.45, 7) is 2.05. The molecule has 0 aliphatic rings. The Labute approximate surface area is 122 Å². The average molecular weight is 296 g/mol. The lowest BCUT2D eigenvalue weighted by molar-refractivity contribution is 0.595. The summed E-state index contributed by atoms with van der Waals surface area (Å²) in [5.41, 5.74) is 1.18. The minimum Gasteiger partial charge on any atom is -0.376 e. The van der Waals surface area contributed by atoms with Crippen molar-refractivity contribution in [1.29, 1.82) is 0 Å². The third kappa shape index (κ3) is 3.70. The number of nitrogens with one attached hydrogen (secondary N) is 1. The SMILES string of the molecule is CCCC(Nc1cc(F)ccc1F)c1ccc(Cl)cc1. The van der Waals surface area contributed by atoms with Crippen LogP contribution in [0.1, 0.15) is 31.4 Å². The predicted molar refractivity (Wildman–Crippen MR) is 79.1 cm³/mol. The molecule has 0 amide bonds. The molecule has 0 bridgehead atoms. The van der Waals surface area contributed by atoms with Gasteiger partial charge in [-0.25, -0.2) is 8.78 Å². The van der Waals surface area contributed by atoms with Crippen LogP contribution in [0.5, 0.6) is 0 Å². The molecule has 2 aromatic carbocycles. The molecule has 0 fully saturated rings. The van der Waals surface area contributed by atoms with E-state index in [1.165, 1.54) is 6.07 Å². The van der Waals surface area contributed by atoms with E-state index in [9.17, 15) is 8.78 Å². The maximum atomic E-state index is 13.7. The van der Waals surface area contributed by atoms with Crippen molar-refractivity contribution >= 4 is 17.3 Å². The maximum absolute atomic E-state index is 13.7. The van der Waals surface area contributed by atoms with Gasteiger partial charge in [0.25, 0.3) is 0 Å². The van der Waals surface area contributed by atoms with Gasteiger partial charge >= 0.3 is 0 Å². The summed E-state index contributed by atoms with van der Waals surface area (Å²) in [4.78, 5) is 0. The molecule has 4 heteroatoms. The van der Waals surface area contributed by atoms with Crippen LogP contribution in [0, 0.1) is 11.6 Å². The van der Waals surface area contributed by atoms with Crippen molar-refractivity contribution in [3.63, 3.8) is 0 Å². The lowest BCUT2D eigenvalue weighted by atomic mass is 10.0. The van der Waals surface area contributed by atoms with Crippen molar-refractivity contribution in [2.75, 3.05) is 5.32 Å². The Kier molecular flexibility index (Phi) is 4.96. The standard InChI is InChI=1S/C16H16ClF2N/c1-2-3-15(11-4-6-12(17)7-5-11)20-16-10-13(18)8-9-14(16)19/h4-10,15,20H,2-3H2,1H3. The molecular formula is C16H16ClF2N. The van der Waals surface area contributed by atoms with Crippen LogP contribution >= 0.6 is 11.6 Å². The molecule has 20 heavy (non-hydrogen) atoms. The van der Waals surface area contributed by atoms with Gasteiger partial charge < -0.3 is 5.32 Å². The number of benzene rings is 2. The lowest BCUT2D eigenvalue weighted by Crippen LogP contribution is -2.11. The highest BCUT2D eigenvalue weighted by atomic mass is 35.5. The van der Waals surface area contributed by atoms with Crippen LogP contribution in [0.3, 0.4) is 0 Å². The largest absolute Gasteiger partial charge is 0.376 e. The molecule has 106 valence electrons. The molecule has 0 saturated heterocycles. The van der Waals surface area contributed by atoms with Gasteiger partial charge in [0, 0.05) is 5.02 Å². The molecule has 0 aliphatic carbocycles. The number of hydrogen-bond donors (Lipinski definition) is 1. The van der Waals surface area contributed by atoms with Crippen molar-refractivity contribution in [3.8, 4) is 0 Å². The first-order valence-corrected chi connectivity index (χ1v) is 6.95. The van der Waals surface area contributed by atoms with Crippen molar-refractivity contribution < 1.29 is 8.78 Å². The fraction of sp³-hybridized carbons (Fsp3) is 0.250. The van der Waals surface area contributed by atoms with Crippen molar-refractivity contribution in [2.45, 2.75) is 25.8 Å². The Balaban J connectivity index is 2.25.